The molecule has 0 saturated heterocycles. The average Bonchev–Trinajstić information content (AvgIpc) is 1.55. The minimum Gasteiger partial charge on any atom is -0.810 e. The maximum absolute atomic E-state index is 10.1. The first-order valence-electron chi connectivity index (χ1n) is 3.22. The van der Waals surface area contributed by atoms with E-state index in [4.69, 9.17) is 0 Å². The standard InChI is InChI=1S/C6H13O3PSi/c1-11(2,3)6-4-5-10(7,8)9/h5H2,1-3H3,(H2,7,8,9)/p-2. The quantitative estimate of drug-likeness (QED) is 0.326. The second kappa shape index (κ2) is 3.55. The van der Waals surface area contributed by atoms with Gasteiger partial charge in [0, 0.05) is 6.16 Å². The molecule has 0 spiro atoms. The van der Waals surface area contributed by atoms with Gasteiger partial charge in [0.2, 0.25) is 0 Å². The molecule has 5 heteroatoms. The first-order chi connectivity index (χ1) is 4.71. The maximum atomic E-state index is 10.1. The SMILES string of the molecule is C[Si](C)(C)C#CCP(=O)([O-])[O-]. The van der Waals surface area contributed by atoms with Crippen LogP contribution in [0.25, 0.3) is 0 Å². The van der Waals surface area contributed by atoms with Gasteiger partial charge in [0.15, 0.2) is 0 Å². The van der Waals surface area contributed by atoms with E-state index >= 15 is 0 Å². The van der Waals surface area contributed by atoms with Crippen LogP contribution in [-0.4, -0.2) is 14.2 Å². The highest BCUT2D eigenvalue weighted by molar-refractivity contribution is 7.49. The van der Waals surface area contributed by atoms with Gasteiger partial charge in [-0.05, 0) is 0 Å². The van der Waals surface area contributed by atoms with Crippen LogP contribution >= 0.6 is 7.60 Å². The van der Waals surface area contributed by atoms with Crippen LogP contribution in [-0.2, 0) is 4.57 Å². The van der Waals surface area contributed by atoms with E-state index in [9.17, 15) is 14.4 Å². The Hall–Kier alpha value is -0.0731. The van der Waals surface area contributed by atoms with Crippen LogP contribution in [0.15, 0.2) is 0 Å². The van der Waals surface area contributed by atoms with Gasteiger partial charge >= 0.3 is 0 Å². The van der Waals surface area contributed by atoms with Gasteiger partial charge in [-0.25, -0.2) is 0 Å². The fourth-order valence-corrected chi connectivity index (χ4v) is 1.44. The van der Waals surface area contributed by atoms with Gasteiger partial charge in [0.05, 0.1) is 0 Å². The molecule has 0 aliphatic rings. The third-order valence-electron chi connectivity index (χ3n) is 0.736. The average molecular weight is 190 g/mol. The highest BCUT2D eigenvalue weighted by Gasteiger charge is 2.06. The molecule has 0 atom stereocenters. The van der Waals surface area contributed by atoms with Crippen molar-refractivity contribution in [3.05, 3.63) is 0 Å². The Morgan fingerprint density at radius 2 is 1.82 bits per heavy atom. The molecule has 0 aliphatic carbocycles. The van der Waals surface area contributed by atoms with E-state index in [0.29, 0.717) is 0 Å². The predicted molar refractivity (Wildman–Crippen MR) is 43.6 cm³/mol. The fraction of sp³-hybridized carbons (Fsp3) is 0.667. The monoisotopic (exact) mass is 190 g/mol. The van der Waals surface area contributed by atoms with Gasteiger partial charge in [-0.15, -0.1) is 11.5 Å². The van der Waals surface area contributed by atoms with Crippen molar-refractivity contribution in [3.63, 3.8) is 0 Å². The maximum Gasteiger partial charge on any atom is 0.129 e. The van der Waals surface area contributed by atoms with E-state index in [1.54, 1.807) is 0 Å². The molecule has 0 aromatic carbocycles. The second-order valence-electron chi connectivity index (χ2n) is 3.32. The topological polar surface area (TPSA) is 63.2 Å². The minimum absolute atomic E-state index is 0.530. The lowest BCUT2D eigenvalue weighted by Gasteiger charge is -2.26. The van der Waals surface area contributed by atoms with Crippen LogP contribution in [0.2, 0.25) is 19.6 Å². The van der Waals surface area contributed by atoms with Crippen molar-refractivity contribution in [1.29, 1.82) is 0 Å². The first-order valence-corrected chi connectivity index (χ1v) is 8.45. The fourth-order valence-electron chi connectivity index (χ4n) is 0.402. The smallest absolute Gasteiger partial charge is 0.129 e. The van der Waals surface area contributed by atoms with Crippen LogP contribution in [0.1, 0.15) is 0 Å². The lowest BCUT2D eigenvalue weighted by molar-refractivity contribution is -0.312. The van der Waals surface area contributed by atoms with Gasteiger partial charge in [-0.3, -0.25) is 0 Å². The van der Waals surface area contributed by atoms with E-state index < -0.39 is 21.8 Å². The van der Waals surface area contributed by atoms with E-state index in [1.807, 2.05) is 19.6 Å². The van der Waals surface area contributed by atoms with E-state index in [2.05, 4.69) is 11.5 Å². The summed E-state index contributed by atoms with van der Waals surface area (Å²) < 4.78 is 10.1. The molecule has 11 heavy (non-hydrogen) atoms. The van der Waals surface area contributed by atoms with Crippen molar-refractivity contribution in [1.82, 2.24) is 0 Å². The Kier molecular flexibility index (Phi) is 3.53. The van der Waals surface area contributed by atoms with E-state index in [1.165, 1.54) is 0 Å². The molecule has 64 valence electrons. The molecule has 0 aliphatic heterocycles. The molecule has 0 rings (SSSR count). The molecule has 0 N–H and O–H groups in total. The second-order valence-corrected chi connectivity index (χ2v) is 9.61. The summed E-state index contributed by atoms with van der Waals surface area (Å²) in [5.41, 5.74) is 2.80. The van der Waals surface area contributed by atoms with Crippen LogP contribution < -0.4 is 9.79 Å². The van der Waals surface area contributed by atoms with Crippen molar-refractivity contribution in [2.24, 2.45) is 0 Å². The summed E-state index contributed by atoms with van der Waals surface area (Å²) in [6.45, 7) is 5.96. The summed E-state index contributed by atoms with van der Waals surface area (Å²) in [6, 6.07) is 0. The number of hydrogen-bond donors (Lipinski definition) is 0. The van der Waals surface area contributed by atoms with Crippen LogP contribution in [0.5, 0.6) is 0 Å². The van der Waals surface area contributed by atoms with Gasteiger partial charge in [0.1, 0.15) is 8.07 Å². The van der Waals surface area contributed by atoms with Gasteiger partial charge in [-0.1, -0.05) is 27.2 Å². The van der Waals surface area contributed by atoms with Crippen molar-refractivity contribution in [2.45, 2.75) is 19.6 Å². The van der Waals surface area contributed by atoms with Gasteiger partial charge < -0.3 is 14.4 Å². The normalized spacial score (nSPS) is 12.1. The molecule has 0 fully saturated rings. The summed E-state index contributed by atoms with van der Waals surface area (Å²) in [5, 5.41) is 0. The number of rotatable bonds is 1. The Morgan fingerprint density at radius 3 is 2.09 bits per heavy atom. The highest BCUT2D eigenvalue weighted by atomic mass is 31.2. The molecule has 0 amide bonds. The largest absolute Gasteiger partial charge is 0.810 e. The van der Waals surface area contributed by atoms with Crippen molar-refractivity contribution < 1.29 is 14.4 Å². The zero-order valence-electron chi connectivity index (χ0n) is 6.88. The third-order valence-corrected chi connectivity index (χ3v) is 2.21. The van der Waals surface area contributed by atoms with E-state index in [-0.39, 0.29) is 0 Å². The lowest BCUT2D eigenvalue weighted by Crippen LogP contribution is -2.19. The van der Waals surface area contributed by atoms with Crippen LogP contribution in [0.3, 0.4) is 0 Å². The summed E-state index contributed by atoms with van der Waals surface area (Å²) in [6.07, 6.45) is -0.530. The van der Waals surface area contributed by atoms with Crippen molar-refractivity contribution in [3.8, 4) is 11.5 Å². The third kappa shape index (κ3) is 9.93. The molecule has 3 nitrogen and oxygen atoms in total. The van der Waals surface area contributed by atoms with Crippen LogP contribution in [0.4, 0.5) is 0 Å². The first kappa shape index (κ1) is 10.9. The minimum atomic E-state index is -4.40. The molecule has 0 saturated carbocycles. The Balaban J connectivity index is 4.05. The molecule has 0 aromatic heterocycles. The summed E-state index contributed by atoms with van der Waals surface area (Å²) in [7, 11) is -5.92. The Labute approximate surface area is 68.0 Å². The van der Waals surface area contributed by atoms with Crippen molar-refractivity contribution in [2.75, 3.05) is 6.16 Å². The Morgan fingerprint density at radius 1 is 1.36 bits per heavy atom. The van der Waals surface area contributed by atoms with Gasteiger partial charge in [0.25, 0.3) is 0 Å². The van der Waals surface area contributed by atoms with E-state index in [0.717, 1.165) is 0 Å². The zero-order chi connectivity index (χ0) is 9.12. The zero-order valence-corrected chi connectivity index (χ0v) is 8.77. The lowest BCUT2D eigenvalue weighted by atomic mass is 10.8. The molecular formula is C6H11O3PSi-2. The highest BCUT2D eigenvalue weighted by Crippen LogP contribution is 2.20. The molecule has 0 bridgehead atoms. The summed E-state index contributed by atoms with van der Waals surface area (Å²) in [4.78, 5) is 20.2. The summed E-state index contributed by atoms with van der Waals surface area (Å²) >= 11 is 0. The predicted octanol–water partition coefficient (Wildman–Crippen LogP) is -0.219. The number of hydrogen-bond acceptors (Lipinski definition) is 3. The summed E-state index contributed by atoms with van der Waals surface area (Å²) in [5.74, 6) is 2.39. The van der Waals surface area contributed by atoms with Crippen LogP contribution in [0, 0.1) is 11.5 Å². The molecule has 0 aromatic rings. The molecule has 0 unspecified atom stereocenters. The Bertz CT molecular complexity index is 226. The van der Waals surface area contributed by atoms with Crippen molar-refractivity contribution >= 4 is 15.7 Å². The van der Waals surface area contributed by atoms with Gasteiger partial charge in [-0.2, -0.15) is 0 Å². The molecule has 0 heterocycles. The molecule has 0 radical (unpaired) electrons. The molecular weight excluding hydrogens is 179 g/mol.